The fraction of sp³-hybridized carbons (Fsp3) is 0.133. The first-order valence-electron chi connectivity index (χ1n) is 6.53. The van der Waals surface area contributed by atoms with Crippen molar-refractivity contribution in [3.63, 3.8) is 0 Å². The average Bonchev–Trinajstić information content (AvgIpc) is 2.95. The van der Waals surface area contributed by atoms with Crippen LogP contribution in [0.2, 0.25) is 10.0 Å². The first-order valence-corrected chi connectivity index (χ1v) is 7.28. The Morgan fingerprint density at radius 3 is 2.22 bits per heavy atom. The lowest BCUT2D eigenvalue weighted by Crippen LogP contribution is -2.49. The standard InChI is InChI=1S/C15H14Cl2N4O.H3N/c1-22-11-4-2-9(3-5-11)14-12(16)6-10(7-13(14)17)15(18)19-8-20-21-15;/h2-8,21H,18H2,1H3,(H,19,20);1H3. The molecule has 1 aliphatic rings. The Bertz CT molecular complexity index is 712. The van der Waals surface area contributed by atoms with Crippen molar-refractivity contribution in [3.05, 3.63) is 52.0 Å². The molecular weight excluding hydrogens is 337 g/mol. The maximum Gasteiger partial charge on any atom is 0.206 e. The minimum Gasteiger partial charge on any atom is -0.497 e. The van der Waals surface area contributed by atoms with Crippen molar-refractivity contribution in [2.24, 2.45) is 10.7 Å². The molecule has 2 aromatic carbocycles. The van der Waals surface area contributed by atoms with E-state index in [1.54, 1.807) is 19.2 Å². The Balaban J connectivity index is 0.00000192. The van der Waals surface area contributed by atoms with Gasteiger partial charge in [0.2, 0.25) is 5.79 Å². The lowest BCUT2D eigenvalue weighted by molar-refractivity contribution is 0.375. The Morgan fingerprint density at radius 2 is 1.74 bits per heavy atom. The van der Waals surface area contributed by atoms with Crippen LogP contribution in [0.1, 0.15) is 5.56 Å². The number of nitrogens with zero attached hydrogens (tertiary/aromatic N) is 1. The Kier molecular flexibility index (Phi) is 5.13. The van der Waals surface area contributed by atoms with Gasteiger partial charge in [-0.3, -0.25) is 5.73 Å². The highest BCUT2D eigenvalue weighted by Crippen LogP contribution is 2.38. The number of hydrazine groups is 1. The van der Waals surface area contributed by atoms with Crippen LogP contribution in [-0.4, -0.2) is 13.4 Å². The minimum absolute atomic E-state index is 0. The van der Waals surface area contributed by atoms with Gasteiger partial charge >= 0.3 is 0 Å². The largest absolute Gasteiger partial charge is 0.497 e. The van der Waals surface area contributed by atoms with Crippen molar-refractivity contribution >= 4 is 29.5 Å². The number of ether oxygens (including phenoxy) is 1. The van der Waals surface area contributed by atoms with E-state index in [1.807, 2.05) is 24.3 Å². The number of hydrogen-bond acceptors (Lipinski definition) is 6. The summed E-state index contributed by atoms with van der Waals surface area (Å²) in [4.78, 5) is 4.14. The number of methoxy groups -OCH3 is 1. The molecule has 23 heavy (non-hydrogen) atoms. The number of halogens is 2. The quantitative estimate of drug-likeness (QED) is 0.678. The molecule has 1 heterocycles. The molecule has 0 fully saturated rings. The third kappa shape index (κ3) is 3.26. The predicted octanol–water partition coefficient (Wildman–Crippen LogP) is 3.04. The van der Waals surface area contributed by atoms with Gasteiger partial charge in [0.1, 0.15) is 12.1 Å². The second kappa shape index (κ2) is 6.74. The summed E-state index contributed by atoms with van der Waals surface area (Å²) >= 11 is 12.8. The molecule has 6 nitrogen and oxygen atoms in total. The molecule has 0 bridgehead atoms. The van der Waals surface area contributed by atoms with Crippen LogP contribution in [0.5, 0.6) is 5.75 Å². The van der Waals surface area contributed by atoms with Crippen molar-refractivity contribution in [3.8, 4) is 16.9 Å². The van der Waals surface area contributed by atoms with E-state index < -0.39 is 5.79 Å². The van der Waals surface area contributed by atoms with E-state index >= 15 is 0 Å². The zero-order valence-corrected chi connectivity index (χ0v) is 13.9. The van der Waals surface area contributed by atoms with E-state index in [0.29, 0.717) is 15.6 Å². The van der Waals surface area contributed by atoms with Gasteiger partial charge in [-0.15, -0.1) is 0 Å². The van der Waals surface area contributed by atoms with Gasteiger partial charge in [-0.2, -0.15) is 5.43 Å². The summed E-state index contributed by atoms with van der Waals surface area (Å²) in [6.07, 6.45) is 1.49. The summed E-state index contributed by atoms with van der Waals surface area (Å²) in [5.74, 6) is -0.310. The molecule has 0 spiro atoms. The van der Waals surface area contributed by atoms with Gasteiger partial charge in [-0.1, -0.05) is 35.3 Å². The minimum atomic E-state index is -1.08. The van der Waals surface area contributed by atoms with Gasteiger partial charge in [-0.05, 0) is 29.8 Å². The van der Waals surface area contributed by atoms with Gasteiger partial charge in [0.25, 0.3) is 0 Å². The number of hydrogen-bond donors (Lipinski definition) is 4. The third-order valence-corrected chi connectivity index (χ3v) is 4.05. The molecule has 0 saturated carbocycles. The van der Waals surface area contributed by atoms with E-state index in [9.17, 15) is 0 Å². The Labute approximate surface area is 144 Å². The van der Waals surface area contributed by atoms with Crippen molar-refractivity contribution in [1.29, 1.82) is 0 Å². The van der Waals surface area contributed by atoms with E-state index in [0.717, 1.165) is 16.9 Å². The zero-order chi connectivity index (χ0) is 15.7. The summed E-state index contributed by atoms with van der Waals surface area (Å²) in [5, 5.41) is 1.00. The molecule has 2 aromatic rings. The summed E-state index contributed by atoms with van der Waals surface area (Å²) in [6, 6.07) is 11.0. The molecule has 7 N–H and O–H groups in total. The van der Waals surface area contributed by atoms with Crippen LogP contribution in [0.25, 0.3) is 11.1 Å². The van der Waals surface area contributed by atoms with Crippen LogP contribution in [0.3, 0.4) is 0 Å². The van der Waals surface area contributed by atoms with Gasteiger partial charge in [0.15, 0.2) is 0 Å². The zero-order valence-electron chi connectivity index (χ0n) is 12.4. The fourth-order valence-electron chi connectivity index (χ4n) is 2.28. The molecule has 0 radical (unpaired) electrons. The van der Waals surface area contributed by atoms with Crippen LogP contribution in [0.15, 0.2) is 41.4 Å². The van der Waals surface area contributed by atoms with Crippen LogP contribution in [-0.2, 0) is 5.79 Å². The number of nitrogens with two attached hydrogens (primary N) is 1. The topological polar surface area (TPSA) is 107 Å². The highest BCUT2D eigenvalue weighted by Gasteiger charge is 2.30. The number of rotatable bonds is 3. The normalized spacial score (nSPS) is 19.1. The number of aliphatic imine (C=N–C) groups is 1. The summed E-state index contributed by atoms with van der Waals surface area (Å²) in [7, 11) is 1.62. The summed E-state index contributed by atoms with van der Waals surface area (Å²) in [6.45, 7) is 0. The van der Waals surface area contributed by atoms with Gasteiger partial charge in [-0.25, -0.2) is 4.99 Å². The molecule has 0 aromatic heterocycles. The van der Waals surface area contributed by atoms with Gasteiger partial charge < -0.3 is 16.3 Å². The smallest absolute Gasteiger partial charge is 0.206 e. The molecule has 0 amide bonds. The lowest BCUT2D eigenvalue weighted by Gasteiger charge is -2.22. The van der Waals surface area contributed by atoms with E-state index in [4.69, 9.17) is 33.7 Å². The van der Waals surface area contributed by atoms with E-state index in [-0.39, 0.29) is 6.15 Å². The average molecular weight is 354 g/mol. The molecular formula is C15H17Cl2N5O. The summed E-state index contributed by atoms with van der Waals surface area (Å²) in [5.41, 5.74) is 14.0. The number of benzene rings is 2. The maximum absolute atomic E-state index is 6.41. The van der Waals surface area contributed by atoms with Crippen LogP contribution in [0.4, 0.5) is 0 Å². The molecule has 0 saturated heterocycles. The predicted molar refractivity (Wildman–Crippen MR) is 94.1 cm³/mol. The number of nitrogens with one attached hydrogen (secondary N) is 2. The first-order chi connectivity index (χ1) is 10.5. The van der Waals surface area contributed by atoms with Crippen molar-refractivity contribution in [2.45, 2.75) is 5.79 Å². The molecule has 0 aliphatic carbocycles. The molecule has 8 heteroatoms. The van der Waals surface area contributed by atoms with Crippen molar-refractivity contribution in [2.75, 3.05) is 7.11 Å². The van der Waals surface area contributed by atoms with Gasteiger partial charge in [0.05, 0.1) is 17.2 Å². The highest BCUT2D eigenvalue weighted by atomic mass is 35.5. The highest BCUT2D eigenvalue weighted by molar-refractivity contribution is 6.39. The molecule has 1 aliphatic heterocycles. The van der Waals surface area contributed by atoms with Crippen LogP contribution < -0.4 is 27.5 Å². The third-order valence-electron chi connectivity index (χ3n) is 3.46. The van der Waals surface area contributed by atoms with Crippen molar-refractivity contribution < 1.29 is 4.74 Å². The van der Waals surface area contributed by atoms with Crippen LogP contribution >= 0.6 is 23.2 Å². The SMILES string of the molecule is COc1ccc(-c2c(Cl)cc(C3(N)N=CNN3)cc2Cl)cc1.N. The monoisotopic (exact) mass is 353 g/mol. The van der Waals surface area contributed by atoms with Crippen LogP contribution in [0, 0.1) is 0 Å². The Hall–Kier alpha value is -1.83. The second-order valence-corrected chi connectivity index (χ2v) is 5.65. The first kappa shape index (κ1) is 17.5. The van der Waals surface area contributed by atoms with Crippen molar-refractivity contribution in [1.82, 2.24) is 17.0 Å². The second-order valence-electron chi connectivity index (χ2n) is 4.84. The molecule has 122 valence electrons. The van der Waals surface area contributed by atoms with E-state index in [2.05, 4.69) is 15.8 Å². The van der Waals surface area contributed by atoms with Gasteiger partial charge in [0, 0.05) is 11.1 Å². The summed E-state index contributed by atoms with van der Waals surface area (Å²) < 4.78 is 5.15. The molecule has 1 atom stereocenters. The Morgan fingerprint density at radius 1 is 1.13 bits per heavy atom. The molecule has 3 rings (SSSR count). The lowest BCUT2D eigenvalue weighted by atomic mass is 10.0. The maximum atomic E-state index is 6.41. The fourth-order valence-corrected chi connectivity index (χ4v) is 2.99. The van der Waals surface area contributed by atoms with E-state index in [1.165, 1.54) is 6.34 Å². The molecule has 1 unspecified atom stereocenters.